The molecule has 98 valence electrons. The van der Waals surface area contributed by atoms with Crippen LogP contribution in [0, 0.1) is 30.6 Å². The van der Waals surface area contributed by atoms with Crippen LogP contribution in [0.3, 0.4) is 0 Å². The quantitative estimate of drug-likeness (QED) is 0.744. The SMILES string of the molecule is CCC(C#N)(CC)CCOc1cc(C)cc(C)c1. The Morgan fingerprint density at radius 2 is 1.67 bits per heavy atom. The zero-order chi connectivity index (χ0) is 13.6. The molecule has 0 amide bonds. The Hall–Kier alpha value is -1.49. The van der Waals surface area contributed by atoms with Crippen molar-refractivity contribution in [2.75, 3.05) is 6.61 Å². The smallest absolute Gasteiger partial charge is 0.119 e. The van der Waals surface area contributed by atoms with Gasteiger partial charge < -0.3 is 4.74 Å². The fourth-order valence-electron chi connectivity index (χ4n) is 2.20. The molecule has 1 aromatic rings. The molecule has 1 aromatic carbocycles. The van der Waals surface area contributed by atoms with Gasteiger partial charge in [-0.2, -0.15) is 5.26 Å². The first-order valence-corrected chi connectivity index (χ1v) is 6.67. The highest BCUT2D eigenvalue weighted by molar-refractivity contribution is 5.32. The van der Waals surface area contributed by atoms with Crippen molar-refractivity contribution in [3.63, 3.8) is 0 Å². The molecule has 0 spiro atoms. The largest absolute Gasteiger partial charge is 0.494 e. The van der Waals surface area contributed by atoms with E-state index in [1.54, 1.807) is 0 Å². The molecule has 0 N–H and O–H groups in total. The zero-order valence-corrected chi connectivity index (χ0v) is 11.9. The summed E-state index contributed by atoms with van der Waals surface area (Å²) in [6.45, 7) is 8.89. The van der Waals surface area contributed by atoms with E-state index in [2.05, 4.69) is 39.8 Å². The Morgan fingerprint density at radius 1 is 1.11 bits per heavy atom. The number of aryl methyl sites for hydroxylation is 2. The average Bonchev–Trinajstić information content (AvgIpc) is 2.34. The molecule has 0 heterocycles. The van der Waals surface area contributed by atoms with Gasteiger partial charge in [-0.25, -0.2) is 0 Å². The van der Waals surface area contributed by atoms with Crippen molar-refractivity contribution >= 4 is 0 Å². The van der Waals surface area contributed by atoms with Gasteiger partial charge in [0.25, 0.3) is 0 Å². The van der Waals surface area contributed by atoms with Crippen molar-refractivity contribution in [3.8, 4) is 11.8 Å². The lowest BCUT2D eigenvalue weighted by molar-refractivity contribution is 0.231. The molecule has 0 saturated heterocycles. The maximum Gasteiger partial charge on any atom is 0.119 e. The van der Waals surface area contributed by atoms with Crippen molar-refractivity contribution < 1.29 is 4.74 Å². The number of benzene rings is 1. The van der Waals surface area contributed by atoms with Gasteiger partial charge in [0.1, 0.15) is 5.75 Å². The van der Waals surface area contributed by atoms with E-state index >= 15 is 0 Å². The number of hydrogen-bond acceptors (Lipinski definition) is 2. The van der Waals surface area contributed by atoms with E-state index in [9.17, 15) is 5.26 Å². The van der Waals surface area contributed by atoms with Crippen LogP contribution in [-0.4, -0.2) is 6.61 Å². The van der Waals surface area contributed by atoms with Gasteiger partial charge in [0.05, 0.1) is 18.1 Å². The maximum absolute atomic E-state index is 9.26. The third-order valence-corrected chi connectivity index (χ3v) is 3.64. The minimum Gasteiger partial charge on any atom is -0.494 e. The number of rotatable bonds is 6. The fourth-order valence-corrected chi connectivity index (χ4v) is 2.20. The van der Waals surface area contributed by atoms with Crippen LogP contribution in [0.4, 0.5) is 0 Å². The first-order valence-electron chi connectivity index (χ1n) is 6.67. The Labute approximate surface area is 111 Å². The normalized spacial score (nSPS) is 11.1. The van der Waals surface area contributed by atoms with Gasteiger partial charge in [-0.1, -0.05) is 19.9 Å². The molecule has 0 radical (unpaired) electrons. The molecular weight excluding hydrogens is 222 g/mol. The lowest BCUT2D eigenvalue weighted by Gasteiger charge is -2.23. The van der Waals surface area contributed by atoms with Crippen LogP contribution in [0.15, 0.2) is 18.2 Å². The van der Waals surface area contributed by atoms with E-state index < -0.39 is 0 Å². The molecule has 0 saturated carbocycles. The summed E-state index contributed by atoms with van der Waals surface area (Å²) in [5.74, 6) is 0.909. The summed E-state index contributed by atoms with van der Waals surface area (Å²) >= 11 is 0. The minimum atomic E-state index is -0.223. The molecule has 2 heteroatoms. The van der Waals surface area contributed by atoms with Gasteiger partial charge in [-0.3, -0.25) is 0 Å². The number of ether oxygens (including phenoxy) is 1. The second kappa shape index (κ2) is 6.44. The summed E-state index contributed by atoms with van der Waals surface area (Å²) in [5.41, 5.74) is 2.20. The Balaban J connectivity index is 2.58. The highest BCUT2D eigenvalue weighted by atomic mass is 16.5. The van der Waals surface area contributed by atoms with Crippen LogP contribution >= 0.6 is 0 Å². The number of nitriles is 1. The maximum atomic E-state index is 9.26. The molecule has 0 unspecified atom stereocenters. The van der Waals surface area contributed by atoms with E-state index in [1.807, 2.05) is 12.1 Å². The molecule has 0 aliphatic rings. The third-order valence-electron chi connectivity index (χ3n) is 3.64. The summed E-state index contributed by atoms with van der Waals surface area (Å²) in [6, 6.07) is 8.65. The molecule has 0 aliphatic heterocycles. The summed E-state index contributed by atoms with van der Waals surface area (Å²) in [6.07, 6.45) is 2.57. The summed E-state index contributed by atoms with van der Waals surface area (Å²) in [5, 5.41) is 9.26. The zero-order valence-electron chi connectivity index (χ0n) is 11.9. The molecule has 0 aliphatic carbocycles. The van der Waals surface area contributed by atoms with Gasteiger partial charge in [0.15, 0.2) is 0 Å². The molecular formula is C16H23NO. The van der Waals surface area contributed by atoms with Crippen LogP contribution in [0.1, 0.15) is 44.2 Å². The van der Waals surface area contributed by atoms with E-state index in [1.165, 1.54) is 11.1 Å². The van der Waals surface area contributed by atoms with Crippen LogP contribution < -0.4 is 4.74 Å². The first-order chi connectivity index (χ1) is 8.55. The molecule has 0 atom stereocenters. The van der Waals surface area contributed by atoms with Crippen LogP contribution in [0.25, 0.3) is 0 Å². The van der Waals surface area contributed by atoms with E-state index in [0.717, 1.165) is 25.0 Å². The third kappa shape index (κ3) is 3.77. The van der Waals surface area contributed by atoms with Gasteiger partial charge in [0.2, 0.25) is 0 Å². The number of nitrogens with zero attached hydrogens (tertiary/aromatic N) is 1. The van der Waals surface area contributed by atoms with Crippen LogP contribution in [-0.2, 0) is 0 Å². The van der Waals surface area contributed by atoms with Gasteiger partial charge in [-0.05, 0) is 49.9 Å². The Kier molecular flexibility index (Phi) is 5.22. The average molecular weight is 245 g/mol. The van der Waals surface area contributed by atoms with Crippen molar-refractivity contribution in [3.05, 3.63) is 29.3 Å². The molecule has 1 rings (SSSR count). The minimum absolute atomic E-state index is 0.223. The topological polar surface area (TPSA) is 33.0 Å². The Morgan fingerprint density at radius 3 is 2.11 bits per heavy atom. The van der Waals surface area contributed by atoms with Crippen molar-refractivity contribution in [2.45, 2.75) is 47.0 Å². The van der Waals surface area contributed by atoms with E-state index in [0.29, 0.717) is 6.61 Å². The predicted octanol–water partition coefficient (Wildman–Crippen LogP) is 4.40. The second-order valence-corrected chi connectivity index (χ2v) is 5.02. The monoisotopic (exact) mass is 245 g/mol. The van der Waals surface area contributed by atoms with Crippen LogP contribution in [0.5, 0.6) is 5.75 Å². The molecule has 0 aromatic heterocycles. The molecule has 18 heavy (non-hydrogen) atoms. The summed E-state index contributed by atoms with van der Waals surface area (Å²) in [7, 11) is 0. The standard InChI is InChI=1S/C16H23NO/c1-5-16(6-2,12-17)7-8-18-15-10-13(3)9-14(4)11-15/h9-11H,5-8H2,1-4H3. The molecule has 0 fully saturated rings. The summed E-state index contributed by atoms with van der Waals surface area (Å²) in [4.78, 5) is 0. The molecule has 2 nitrogen and oxygen atoms in total. The van der Waals surface area contributed by atoms with Gasteiger partial charge in [-0.15, -0.1) is 0 Å². The number of hydrogen-bond donors (Lipinski definition) is 0. The van der Waals surface area contributed by atoms with E-state index in [4.69, 9.17) is 4.74 Å². The lowest BCUT2D eigenvalue weighted by atomic mass is 9.81. The lowest BCUT2D eigenvalue weighted by Crippen LogP contribution is -2.19. The van der Waals surface area contributed by atoms with Crippen molar-refractivity contribution in [1.29, 1.82) is 5.26 Å². The van der Waals surface area contributed by atoms with Crippen LogP contribution in [0.2, 0.25) is 0 Å². The van der Waals surface area contributed by atoms with Gasteiger partial charge in [0, 0.05) is 6.42 Å². The van der Waals surface area contributed by atoms with Crippen molar-refractivity contribution in [1.82, 2.24) is 0 Å². The van der Waals surface area contributed by atoms with E-state index in [-0.39, 0.29) is 5.41 Å². The van der Waals surface area contributed by atoms with Crippen molar-refractivity contribution in [2.24, 2.45) is 5.41 Å². The molecule has 0 bridgehead atoms. The Bertz CT molecular complexity index is 407. The predicted molar refractivity (Wildman–Crippen MR) is 74.7 cm³/mol. The highest BCUT2D eigenvalue weighted by Crippen LogP contribution is 2.29. The summed E-state index contributed by atoms with van der Waals surface area (Å²) < 4.78 is 5.78. The highest BCUT2D eigenvalue weighted by Gasteiger charge is 2.25. The second-order valence-electron chi connectivity index (χ2n) is 5.02. The van der Waals surface area contributed by atoms with Gasteiger partial charge >= 0.3 is 0 Å². The first kappa shape index (κ1) is 14.6. The fraction of sp³-hybridized carbons (Fsp3) is 0.562.